The first-order chi connectivity index (χ1) is 8.86. The minimum absolute atomic E-state index is 0.172. The SMILES string of the molecule is CN(C)CCCCNS(=O)(=O)c1cc(CO)n(C)c1. The number of aromatic nitrogens is 1. The Morgan fingerprint density at radius 3 is 2.58 bits per heavy atom. The molecule has 0 radical (unpaired) electrons. The summed E-state index contributed by atoms with van der Waals surface area (Å²) in [6.45, 7) is 1.20. The van der Waals surface area contributed by atoms with Crippen LogP contribution in [0.25, 0.3) is 0 Å². The van der Waals surface area contributed by atoms with Gasteiger partial charge in [-0.1, -0.05) is 0 Å². The molecule has 1 aromatic heterocycles. The summed E-state index contributed by atoms with van der Waals surface area (Å²) in [6, 6.07) is 1.49. The van der Waals surface area contributed by atoms with Crippen molar-refractivity contribution in [3.8, 4) is 0 Å². The average Bonchev–Trinajstić information content (AvgIpc) is 2.70. The number of unbranched alkanes of at least 4 members (excludes halogenated alkanes) is 1. The largest absolute Gasteiger partial charge is 0.390 e. The molecule has 0 amide bonds. The van der Waals surface area contributed by atoms with E-state index in [1.807, 2.05) is 14.1 Å². The van der Waals surface area contributed by atoms with Crippen LogP contribution in [0.1, 0.15) is 18.5 Å². The number of hydrogen-bond acceptors (Lipinski definition) is 4. The molecule has 0 aliphatic carbocycles. The van der Waals surface area contributed by atoms with E-state index in [1.165, 1.54) is 12.3 Å². The lowest BCUT2D eigenvalue weighted by Crippen LogP contribution is -2.25. The van der Waals surface area contributed by atoms with Crippen molar-refractivity contribution in [2.24, 2.45) is 7.05 Å². The fraction of sp³-hybridized carbons (Fsp3) is 0.667. The molecule has 0 saturated heterocycles. The van der Waals surface area contributed by atoms with Crippen LogP contribution in [0.2, 0.25) is 0 Å². The van der Waals surface area contributed by atoms with E-state index in [2.05, 4.69) is 9.62 Å². The molecule has 0 aromatic carbocycles. The highest BCUT2D eigenvalue weighted by Gasteiger charge is 2.16. The van der Waals surface area contributed by atoms with Gasteiger partial charge in [0, 0.05) is 25.5 Å². The molecular formula is C12H23N3O3S. The molecule has 6 nitrogen and oxygen atoms in total. The summed E-state index contributed by atoms with van der Waals surface area (Å²) >= 11 is 0. The van der Waals surface area contributed by atoms with Crippen molar-refractivity contribution in [2.75, 3.05) is 27.2 Å². The van der Waals surface area contributed by atoms with Crippen molar-refractivity contribution in [1.29, 1.82) is 0 Å². The van der Waals surface area contributed by atoms with Gasteiger partial charge in [0.15, 0.2) is 0 Å². The van der Waals surface area contributed by atoms with Crippen LogP contribution in [0.5, 0.6) is 0 Å². The van der Waals surface area contributed by atoms with E-state index < -0.39 is 10.0 Å². The van der Waals surface area contributed by atoms with Gasteiger partial charge in [-0.2, -0.15) is 0 Å². The van der Waals surface area contributed by atoms with Gasteiger partial charge in [-0.05, 0) is 39.5 Å². The van der Waals surface area contributed by atoms with Crippen LogP contribution in [-0.4, -0.2) is 50.2 Å². The van der Waals surface area contributed by atoms with E-state index in [0.717, 1.165) is 19.4 Å². The van der Waals surface area contributed by atoms with Crippen LogP contribution in [0.4, 0.5) is 0 Å². The molecule has 0 unspecified atom stereocenters. The normalized spacial score (nSPS) is 12.3. The van der Waals surface area contributed by atoms with Gasteiger partial charge in [0.2, 0.25) is 10.0 Å². The molecule has 0 aliphatic heterocycles. The topological polar surface area (TPSA) is 74.6 Å². The van der Waals surface area contributed by atoms with Gasteiger partial charge >= 0.3 is 0 Å². The second-order valence-corrected chi connectivity index (χ2v) is 6.61. The van der Waals surface area contributed by atoms with Gasteiger partial charge < -0.3 is 14.6 Å². The highest BCUT2D eigenvalue weighted by Crippen LogP contribution is 2.13. The van der Waals surface area contributed by atoms with Crippen molar-refractivity contribution in [1.82, 2.24) is 14.2 Å². The second-order valence-electron chi connectivity index (χ2n) is 4.84. The van der Waals surface area contributed by atoms with Gasteiger partial charge in [0.05, 0.1) is 11.5 Å². The number of hydrogen-bond donors (Lipinski definition) is 2. The van der Waals surface area contributed by atoms with Gasteiger partial charge in [0.1, 0.15) is 0 Å². The van der Waals surface area contributed by atoms with E-state index in [-0.39, 0.29) is 11.5 Å². The van der Waals surface area contributed by atoms with Crippen molar-refractivity contribution in [3.63, 3.8) is 0 Å². The fourth-order valence-electron chi connectivity index (χ4n) is 1.72. The zero-order chi connectivity index (χ0) is 14.5. The Morgan fingerprint density at radius 2 is 2.05 bits per heavy atom. The number of nitrogens with zero attached hydrogens (tertiary/aromatic N) is 2. The Kier molecular flexibility index (Phi) is 5.99. The predicted octanol–water partition coefficient (Wildman–Crippen LogP) is 0.138. The predicted molar refractivity (Wildman–Crippen MR) is 74.3 cm³/mol. The van der Waals surface area contributed by atoms with Crippen LogP contribution in [0.15, 0.2) is 17.2 Å². The van der Waals surface area contributed by atoms with Crippen LogP contribution >= 0.6 is 0 Å². The van der Waals surface area contributed by atoms with Crippen LogP contribution in [0, 0.1) is 0 Å². The minimum Gasteiger partial charge on any atom is -0.390 e. The third kappa shape index (κ3) is 4.94. The van der Waals surface area contributed by atoms with E-state index in [9.17, 15) is 8.42 Å². The third-order valence-corrected chi connectivity index (χ3v) is 4.31. The maximum Gasteiger partial charge on any atom is 0.242 e. The smallest absolute Gasteiger partial charge is 0.242 e. The molecule has 1 aromatic rings. The Morgan fingerprint density at radius 1 is 1.37 bits per heavy atom. The molecule has 0 atom stereocenters. The number of aliphatic hydroxyl groups excluding tert-OH is 1. The maximum atomic E-state index is 12.0. The first kappa shape index (κ1) is 16.2. The quantitative estimate of drug-likeness (QED) is 0.668. The van der Waals surface area contributed by atoms with Gasteiger partial charge in [0.25, 0.3) is 0 Å². The minimum atomic E-state index is -3.47. The first-order valence-electron chi connectivity index (χ1n) is 6.27. The molecule has 19 heavy (non-hydrogen) atoms. The second kappa shape index (κ2) is 7.04. The summed E-state index contributed by atoms with van der Waals surface area (Å²) in [7, 11) is 2.22. The highest BCUT2D eigenvalue weighted by atomic mass is 32.2. The molecule has 0 spiro atoms. The van der Waals surface area contributed by atoms with Crippen molar-refractivity contribution in [2.45, 2.75) is 24.3 Å². The lowest BCUT2D eigenvalue weighted by atomic mass is 10.3. The summed E-state index contributed by atoms with van der Waals surface area (Å²) in [6.07, 6.45) is 3.26. The van der Waals surface area contributed by atoms with E-state index in [4.69, 9.17) is 5.11 Å². The Labute approximate surface area is 115 Å². The summed E-state index contributed by atoms with van der Waals surface area (Å²) in [5.41, 5.74) is 0.577. The summed E-state index contributed by atoms with van der Waals surface area (Å²) in [4.78, 5) is 2.27. The van der Waals surface area contributed by atoms with Crippen LogP contribution in [-0.2, 0) is 23.7 Å². The molecule has 1 rings (SSSR count). The molecule has 0 aliphatic rings. The Balaban J connectivity index is 2.51. The molecule has 7 heteroatoms. The number of aryl methyl sites for hydroxylation is 1. The average molecular weight is 289 g/mol. The molecule has 1 heterocycles. The Bertz CT molecular complexity index is 494. The zero-order valence-corrected chi connectivity index (χ0v) is 12.6. The van der Waals surface area contributed by atoms with Crippen molar-refractivity contribution in [3.05, 3.63) is 18.0 Å². The molecular weight excluding hydrogens is 266 g/mol. The summed E-state index contributed by atoms with van der Waals surface area (Å²) in [5, 5.41) is 9.05. The fourth-order valence-corrected chi connectivity index (χ4v) is 2.89. The molecule has 0 bridgehead atoms. The number of nitrogens with one attached hydrogen (secondary N) is 1. The number of rotatable bonds is 8. The van der Waals surface area contributed by atoms with Gasteiger partial charge in [-0.25, -0.2) is 13.1 Å². The molecule has 0 fully saturated rings. The highest BCUT2D eigenvalue weighted by molar-refractivity contribution is 7.89. The zero-order valence-electron chi connectivity index (χ0n) is 11.8. The lowest BCUT2D eigenvalue weighted by molar-refractivity contribution is 0.272. The molecule has 0 saturated carbocycles. The summed E-state index contributed by atoms with van der Waals surface area (Å²) in [5.74, 6) is 0. The molecule has 2 N–H and O–H groups in total. The van der Waals surface area contributed by atoms with Crippen molar-refractivity contribution < 1.29 is 13.5 Å². The number of aliphatic hydroxyl groups is 1. The standard InChI is InChI=1S/C12H23N3O3S/c1-14(2)7-5-4-6-13-19(17,18)12-8-11(10-16)15(3)9-12/h8-9,13,16H,4-7,10H2,1-3H3. The van der Waals surface area contributed by atoms with E-state index in [0.29, 0.717) is 12.2 Å². The summed E-state index contributed by atoms with van der Waals surface area (Å²) < 4.78 is 28.2. The number of sulfonamides is 1. The first-order valence-corrected chi connectivity index (χ1v) is 7.75. The monoisotopic (exact) mass is 289 g/mol. The third-order valence-electron chi connectivity index (χ3n) is 2.88. The van der Waals surface area contributed by atoms with Crippen molar-refractivity contribution >= 4 is 10.0 Å². The molecule has 110 valence electrons. The van der Waals surface area contributed by atoms with Crippen LogP contribution < -0.4 is 4.72 Å². The van der Waals surface area contributed by atoms with E-state index in [1.54, 1.807) is 11.6 Å². The van der Waals surface area contributed by atoms with E-state index >= 15 is 0 Å². The maximum absolute atomic E-state index is 12.0. The van der Waals surface area contributed by atoms with Gasteiger partial charge in [-0.15, -0.1) is 0 Å². The van der Waals surface area contributed by atoms with Crippen LogP contribution in [0.3, 0.4) is 0 Å². The van der Waals surface area contributed by atoms with Gasteiger partial charge in [-0.3, -0.25) is 0 Å². The Hall–Kier alpha value is -0.890. The lowest BCUT2D eigenvalue weighted by Gasteiger charge is -2.09.